The maximum absolute atomic E-state index is 12.1. The van der Waals surface area contributed by atoms with Gasteiger partial charge in [-0.1, -0.05) is 13.8 Å². The minimum atomic E-state index is -0.513. The Morgan fingerprint density at radius 2 is 1.77 bits per heavy atom. The van der Waals surface area contributed by atoms with Gasteiger partial charge in [-0.05, 0) is 33.6 Å². The molecule has 0 spiro atoms. The van der Waals surface area contributed by atoms with Crippen LogP contribution in [0.3, 0.4) is 0 Å². The molecule has 26 heavy (non-hydrogen) atoms. The van der Waals surface area contributed by atoms with Crippen molar-refractivity contribution in [1.82, 2.24) is 20.9 Å². The van der Waals surface area contributed by atoms with E-state index in [9.17, 15) is 9.59 Å². The number of carbonyl (C=O) groups excluding carboxylic acids is 2. The quantitative estimate of drug-likeness (QED) is 0.306. The standard InChI is InChI=1S/C18H35N5O2.HI/c1-7-20-16(25)18(4,5)12-21-17(19-6)22-14-8-10-23(11-9-14)15(24)13(2)3;/h13-14H,7-12H2,1-6H3,(H,20,25)(H2,19,21,22);1H. The lowest BCUT2D eigenvalue weighted by Crippen LogP contribution is -2.52. The highest BCUT2D eigenvalue weighted by Crippen LogP contribution is 2.15. The Morgan fingerprint density at radius 3 is 2.23 bits per heavy atom. The van der Waals surface area contributed by atoms with Gasteiger partial charge in [-0.3, -0.25) is 14.6 Å². The second kappa shape index (κ2) is 11.6. The number of aliphatic imine (C=N–C) groups is 1. The summed E-state index contributed by atoms with van der Waals surface area (Å²) in [6, 6.07) is 0.287. The summed E-state index contributed by atoms with van der Waals surface area (Å²) in [5, 5.41) is 9.51. The summed E-state index contributed by atoms with van der Waals surface area (Å²) in [6.07, 6.45) is 1.80. The van der Waals surface area contributed by atoms with Crippen molar-refractivity contribution in [2.75, 3.05) is 33.2 Å². The molecule has 7 nitrogen and oxygen atoms in total. The molecule has 1 aliphatic rings. The molecule has 1 aliphatic heterocycles. The molecule has 0 radical (unpaired) electrons. The first-order valence-corrected chi connectivity index (χ1v) is 9.25. The molecule has 3 N–H and O–H groups in total. The first-order valence-electron chi connectivity index (χ1n) is 9.25. The summed E-state index contributed by atoms with van der Waals surface area (Å²) in [7, 11) is 1.73. The number of carbonyl (C=O) groups is 2. The third-order valence-corrected chi connectivity index (χ3v) is 4.51. The molecule has 1 heterocycles. The third-order valence-electron chi connectivity index (χ3n) is 4.51. The average Bonchev–Trinajstić information content (AvgIpc) is 2.58. The molecule has 2 amide bonds. The highest BCUT2D eigenvalue weighted by molar-refractivity contribution is 14.0. The van der Waals surface area contributed by atoms with E-state index < -0.39 is 5.41 Å². The molecule has 0 saturated carbocycles. The van der Waals surface area contributed by atoms with E-state index in [1.807, 2.05) is 39.5 Å². The number of piperidine rings is 1. The minimum absolute atomic E-state index is 0. The van der Waals surface area contributed by atoms with Crippen LogP contribution in [0.15, 0.2) is 4.99 Å². The smallest absolute Gasteiger partial charge is 0.227 e. The van der Waals surface area contributed by atoms with Crippen LogP contribution in [0.4, 0.5) is 0 Å². The van der Waals surface area contributed by atoms with Crippen LogP contribution in [0.2, 0.25) is 0 Å². The number of rotatable bonds is 6. The number of likely N-dealkylation sites (tertiary alicyclic amines) is 1. The van der Waals surface area contributed by atoms with E-state index in [2.05, 4.69) is 20.9 Å². The number of guanidine groups is 1. The van der Waals surface area contributed by atoms with Crippen molar-refractivity contribution in [1.29, 1.82) is 0 Å². The largest absolute Gasteiger partial charge is 0.356 e. The van der Waals surface area contributed by atoms with Crippen molar-refractivity contribution in [3.63, 3.8) is 0 Å². The van der Waals surface area contributed by atoms with Crippen molar-refractivity contribution in [2.45, 2.75) is 53.5 Å². The number of hydrogen-bond acceptors (Lipinski definition) is 3. The highest BCUT2D eigenvalue weighted by atomic mass is 127. The van der Waals surface area contributed by atoms with Gasteiger partial charge in [0.05, 0.1) is 5.41 Å². The zero-order valence-corrected chi connectivity index (χ0v) is 19.3. The Balaban J connectivity index is 0.00000625. The normalized spacial score (nSPS) is 16.1. The van der Waals surface area contributed by atoms with Gasteiger partial charge in [0, 0.05) is 45.2 Å². The SMILES string of the molecule is CCNC(=O)C(C)(C)CNC(=NC)NC1CCN(C(=O)C(C)C)CC1.I. The van der Waals surface area contributed by atoms with Gasteiger partial charge < -0.3 is 20.9 Å². The monoisotopic (exact) mass is 481 g/mol. The fourth-order valence-corrected chi connectivity index (χ4v) is 2.78. The predicted molar refractivity (Wildman–Crippen MR) is 117 cm³/mol. The Bertz CT molecular complexity index is 486. The maximum atomic E-state index is 12.1. The third kappa shape index (κ3) is 7.67. The fourth-order valence-electron chi connectivity index (χ4n) is 2.78. The van der Waals surface area contributed by atoms with Crippen LogP contribution in [0.25, 0.3) is 0 Å². The number of amides is 2. The van der Waals surface area contributed by atoms with E-state index in [1.54, 1.807) is 7.05 Å². The van der Waals surface area contributed by atoms with Crippen molar-refractivity contribution >= 4 is 41.8 Å². The molecule has 0 aliphatic carbocycles. The van der Waals surface area contributed by atoms with Crippen LogP contribution >= 0.6 is 24.0 Å². The Morgan fingerprint density at radius 1 is 1.19 bits per heavy atom. The molecule has 1 saturated heterocycles. The molecule has 0 aromatic rings. The van der Waals surface area contributed by atoms with E-state index in [0.29, 0.717) is 19.0 Å². The lowest BCUT2D eigenvalue weighted by atomic mass is 9.92. The molecule has 0 atom stereocenters. The molecule has 0 aromatic carbocycles. The summed E-state index contributed by atoms with van der Waals surface area (Å²) in [5.74, 6) is 1.00. The molecule has 1 rings (SSSR count). The van der Waals surface area contributed by atoms with Crippen molar-refractivity contribution in [2.24, 2.45) is 16.3 Å². The molecular weight excluding hydrogens is 445 g/mol. The predicted octanol–water partition coefficient (Wildman–Crippen LogP) is 1.58. The van der Waals surface area contributed by atoms with Gasteiger partial charge in [0.2, 0.25) is 11.8 Å². The Hall–Kier alpha value is -1.06. The van der Waals surface area contributed by atoms with Gasteiger partial charge in [-0.15, -0.1) is 24.0 Å². The van der Waals surface area contributed by atoms with Gasteiger partial charge in [-0.2, -0.15) is 0 Å². The number of halogens is 1. The second-order valence-electron chi connectivity index (χ2n) is 7.57. The van der Waals surface area contributed by atoms with Crippen molar-refractivity contribution < 1.29 is 9.59 Å². The van der Waals surface area contributed by atoms with Crippen LogP contribution < -0.4 is 16.0 Å². The summed E-state index contributed by atoms with van der Waals surface area (Å²) in [5.41, 5.74) is -0.513. The Kier molecular flexibility index (Phi) is 11.1. The maximum Gasteiger partial charge on any atom is 0.227 e. The molecule has 8 heteroatoms. The van der Waals surface area contributed by atoms with Crippen LogP contribution in [-0.4, -0.2) is 61.9 Å². The first kappa shape index (κ1) is 24.9. The lowest BCUT2D eigenvalue weighted by molar-refractivity contribution is -0.135. The molecule has 0 bridgehead atoms. The summed E-state index contributed by atoms with van der Waals surface area (Å²) in [6.45, 7) is 12.3. The van der Waals surface area contributed by atoms with Crippen LogP contribution in [0, 0.1) is 11.3 Å². The summed E-state index contributed by atoms with van der Waals surface area (Å²) < 4.78 is 0. The fraction of sp³-hybridized carbons (Fsp3) is 0.833. The zero-order chi connectivity index (χ0) is 19.0. The molecule has 0 aromatic heterocycles. The molecule has 0 unspecified atom stereocenters. The second-order valence-corrected chi connectivity index (χ2v) is 7.57. The highest BCUT2D eigenvalue weighted by Gasteiger charge is 2.28. The van der Waals surface area contributed by atoms with Gasteiger partial charge in [-0.25, -0.2) is 0 Å². The molecule has 152 valence electrons. The topological polar surface area (TPSA) is 85.8 Å². The van der Waals surface area contributed by atoms with E-state index in [4.69, 9.17) is 0 Å². The molecular formula is C18H36IN5O2. The minimum Gasteiger partial charge on any atom is -0.356 e. The molecule has 1 fully saturated rings. The van der Waals surface area contributed by atoms with Gasteiger partial charge >= 0.3 is 0 Å². The van der Waals surface area contributed by atoms with E-state index >= 15 is 0 Å². The zero-order valence-electron chi connectivity index (χ0n) is 17.0. The van der Waals surface area contributed by atoms with Crippen LogP contribution in [-0.2, 0) is 9.59 Å². The van der Waals surface area contributed by atoms with Crippen LogP contribution in [0.5, 0.6) is 0 Å². The van der Waals surface area contributed by atoms with Crippen LogP contribution in [0.1, 0.15) is 47.5 Å². The van der Waals surface area contributed by atoms with E-state index in [0.717, 1.165) is 25.9 Å². The van der Waals surface area contributed by atoms with E-state index in [1.165, 1.54) is 0 Å². The van der Waals surface area contributed by atoms with Gasteiger partial charge in [0.15, 0.2) is 5.96 Å². The average molecular weight is 481 g/mol. The Labute approximate surface area is 175 Å². The number of nitrogens with zero attached hydrogens (tertiary/aromatic N) is 2. The lowest BCUT2D eigenvalue weighted by Gasteiger charge is -2.34. The van der Waals surface area contributed by atoms with Gasteiger partial charge in [0.1, 0.15) is 0 Å². The van der Waals surface area contributed by atoms with E-state index in [-0.39, 0.29) is 47.8 Å². The summed E-state index contributed by atoms with van der Waals surface area (Å²) in [4.78, 5) is 30.3. The van der Waals surface area contributed by atoms with Gasteiger partial charge in [0.25, 0.3) is 0 Å². The number of nitrogens with one attached hydrogen (secondary N) is 3. The first-order chi connectivity index (χ1) is 11.7. The summed E-state index contributed by atoms with van der Waals surface area (Å²) >= 11 is 0. The van der Waals surface area contributed by atoms with Crippen molar-refractivity contribution in [3.8, 4) is 0 Å². The number of hydrogen-bond donors (Lipinski definition) is 3. The van der Waals surface area contributed by atoms with Crippen molar-refractivity contribution in [3.05, 3.63) is 0 Å².